The van der Waals surface area contributed by atoms with Crippen LogP contribution in [0, 0.1) is 6.92 Å². The zero-order valence-electron chi connectivity index (χ0n) is 14.3. The fourth-order valence-corrected chi connectivity index (χ4v) is 4.34. The molecule has 0 spiro atoms. The highest BCUT2D eigenvalue weighted by Gasteiger charge is 2.20. The van der Waals surface area contributed by atoms with Gasteiger partial charge in [0.1, 0.15) is 0 Å². The molecule has 26 heavy (non-hydrogen) atoms. The van der Waals surface area contributed by atoms with Crippen molar-refractivity contribution in [2.75, 3.05) is 0 Å². The van der Waals surface area contributed by atoms with Gasteiger partial charge in [-0.05, 0) is 30.7 Å². The Morgan fingerprint density at radius 2 is 1.65 bits per heavy atom. The average molecular weight is 401 g/mol. The fourth-order valence-electron chi connectivity index (χ4n) is 2.64. The van der Waals surface area contributed by atoms with E-state index in [4.69, 9.17) is 23.2 Å². The number of carbonyl (C=O) groups is 1. The van der Waals surface area contributed by atoms with Crippen molar-refractivity contribution in [3.63, 3.8) is 0 Å². The van der Waals surface area contributed by atoms with Crippen molar-refractivity contribution in [2.24, 2.45) is 0 Å². The summed E-state index contributed by atoms with van der Waals surface area (Å²) in [6.45, 7) is 2.01. The highest BCUT2D eigenvalue weighted by atomic mass is 35.5. The molecule has 0 aliphatic carbocycles. The summed E-state index contributed by atoms with van der Waals surface area (Å²) in [5.41, 5.74) is 2.98. The van der Waals surface area contributed by atoms with E-state index in [1.54, 1.807) is 17.8 Å². The highest BCUT2D eigenvalue weighted by Crippen LogP contribution is 2.42. The molecule has 0 bridgehead atoms. The first kappa shape index (κ1) is 19.0. The van der Waals surface area contributed by atoms with Gasteiger partial charge < -0.3 is 0 Å². The first-order valence-electron chi connectivity index (χ1n) is 8.29. The van der Waals surface area contributed by atoms with E-state index in [9.17, 15) is 4.79 Å². The predicted octanol–water partition coefficient (Wildman–Crippen LogP) is 7.41. The van der Waals surface area contributed by atoms with Crippen molar-refractivity contribution in [1.29, 1.82) is 0 Å². The third-order valence-electron chi connectivity index (χ3n) is 4.08. The number of halogens is 2. The van der Waals surface area contributed by atoms with Crippen LogP contribution in [0.2, 0.25) is 10.0 Å². The van der Waals surface area contributed by atoms with Gasteiger partial charge in [0.2, 0.25) is 0 Å². The largest absolute Gasteiger partial charge is 0.294 e. The SMILES string of the molecule is Cc1ccc(C(=O)C[C@@H](Sc2ccc(Cl)cc2Cl)c2ccccc2)cc1. The number of Topliss-reactive ketones (excluding diaryl/α,β-unsaturated/α-hetero) is 1. The average Bonchev–Trinajstić information content (AvgIpc) is 2.64. The summed E-state index contributed by atoms with van der Waals surface area (Å²) in [5, 5.41) is 1.18. The van der Waals surface area contributed by atoms with Gasteiger partial charge in [0.25, 0.3) is 0 Å². The van der Waals surface area contributed by atoms with E-state index in [0.29, 0.717) is 16.5 Å². The second-order valence-electron chi connectivity index (χ2n) is 6.09. The Morgan fingerprint density at radius 3 is 2.31 bits per heavy atom. The van der Waals surface area contributed by atoms with Gasteiger partial charge in [-0.25, -0.2) is 0 Å². The lowest BCUT2D eigenvalue weighted by Gasteiger charge is -2.17. The Labute approximate surface area is 168 Å². The maximum Gasteiger partial charge on any atom is 0.164 e. The van der Waals surface area contributed by atoms with Gasteiger partial charge in [-0.3, -0.25) is 4.79 Å². The lowest BCUT2D eigenvalue weighted by Crippen LogP contribution is -2.05. The summed E-state index contributed by atoms with van der Waals surface area (Å²) >= 11 is 13.9. The zero-order chi connectivity index (χ0) is 18.5. The molecule has 0 N–H and O–H groups in total. The quantitative estimate of drug-likeness (QED) is 0.316. The molecule has 0 fully saturated rings. The Hall–Kier alpha value is -1.74. The van der Waals surface area contributed by atoms with Crippen LogP contribution < -0.4 is 0 Å². The van der Waals surface area contributed by atoms with E-state index in [2.05, 4.69) is 0 Å². The zero-order valence-corrected chi connectivity index (χ0v) is 16.6. The van der Waals surface area contributed by atoms with Crippen molar-refractivity contribution in [1.82, 2.24) is 0 Å². The molecule has 1 atom stereocenters. The number of aryl methyl sites for hydroxylation is 1. The van der Waals surface area contributed by atoms with Gasteiger partial charge in [-0.2, -0.15) is 0 Å². The Morgan fingerprint density at radius 1 is 0.962 bits per heavy atom. The molecule has 4 heteroatoms. The smallest absolute Gasteiger partial charge is 0.164 e. The predicted molar refractivity (Wildman–Crippen MR) is 112 cm³/mol. The van der Waals surface area contributed by atoms with Crippen LogP contribution in [0.1, 0.15) is 33.2 Å². The summed E-state index contributed by atoms with van der Waals surface area (Å²) in [5.74, 6) is 0.122. The molecule has 1 nitrogen and oxygen atoms in total. The van der Waals surface area contributed by atoms with Crippen LogP contribution in [0.4, 0.5) is 0 Å². The van der Waals surface area contributed by atoms with E-state index in [1.165, 1.54) is 0 Å². The maximum absolute atomic E-state index is 12.8. The van der Waals surface area contributed by atoms with E-state index >= 15 is 0 Å². The number of thioether (sulfide) groups is 1. The topological polar surface area (TPSA) is 17.1 Å². The lowest BCUT2D eigenvalue weighted by molar-refractivity contribution is 0.0982. The van der Waals surface area contributed by atoms with Crippen molar-refractivity contribution < 1.29 is 4.79 Å². The van der Waals surface area contributed by atoms with Gasteiger partial charge in [-0.15, -0.1) is 11.8 Å². The molecule has 0 amide bonds. The normalized spacial score (nSPS) is 12.0. The molecule has 132 valence electrons. The van der Waals surface area contributed by atoms with Crippen LogP contribution in [0.15, 0.2) is 77.7 Å². The number of benzene rings is 3. The van der Waals surface area contributed by atoms with Crippen molar-refractivity contribution >= 4 is 40.7 Å². The number of rotatable bonds is 6. The van der Waals surface area contributed by atoms with Gasteiger partial charge in [0.15, 0.2) is 5.78 Å². The van der Waals surface area contributed by atoms with Crippen LogP contribution in [0.5, 0.6) is 0 Å². The summed E-state index contributed by atoms with van der Waals surface area (Å²) in [6, 6.07) is 23.2. The third-order valence-corrected chi connectivity index (χ3v) is 6.07. The maximum atomic E-state index is 12.8. The molecule has 0 aliphatic heterocycles. The third kappa shape index (κ3) is 4.91. The molecule has 0 aliphatic rings. The van der Waals surface area contributed by atoms with Crippen LogP contribution in [0.3, 0.4) is 0 Å². The summed E-state index contributed by atoms with van der Waals surface area (Å²) in [6.07, 6.45) is 0.400. The van der Waals surface area contributed by atoms with Gasteiger partial charge >= 0.3 is 0 Å². The van der Waals surface area contributed by atoms with E-state index < -0.39 is 0 Å². The first-order chi connectivity index (χ1) is 12.5. The number of hydrogen-bond acceptors (Lipinski definition) is 2. The Bertz CT molecular complexity index is 892. The minimum Gasteiger partial charge on any atom is -0.294 e. The molecule has 0 saturated carbocycles. The van der Waals surface area contributed by atoms with Crippen LogP contribution in [-0.4, -0.2) is 5.78 Å². The molecule has 3 aromatic rings. The van der Waals surface area contributed by atoms with E-state index in [-0.39, 0.29) is 11.0 Å². The second kappa shape index (κ2) is 8.77. The molecule has 0 heterocycles. The van der Waals surface area contributed by atoms with Crippen molar-refractivity contribution in [2.45, 2.75) is 23.5 Å². The number of carbonyl (C=O) groups excluding carboxylic acids is 1. The second-order valence-corrected chi connectivity index (χ2v) is 8.17. The van der Waals surface area contributed by atoms with E-state index in [1.807, 2.05) is 73.7 Å². The molecule has 0 unspecified atom stereocenters. The molecule has 3 aromatic carbocycles. The van der Waals surface area contributed by atoms with Crippen LogP contribution in [-0.2, 0) is 0 Å². The lowest BCUT2D eigenvalue weighted by atomic mass is 10.0. The van der Waals surface area contributed by atoms with Crippen LogP contribution in [0.25, 0.3) is 0 Å². The minimum atomic E-state index is -0.0244. The monoisotopic (exact) mass is 400 g/mol. The highest BCUT2D eigenvalue weighted by molar-refractivity contribution is 7.99. The van der Waals surface area contributed by atoms with Gasteiger partial charge in [0.05, 0.1) is 5.02 Å². The number of hydrogen-bond donors (Lipinski definition) is 0. The Balaban J connectivity index is 1.86. The van der Waals surface area contributed by atoms with Gasteiger partial charge in [-0.1, -0.05) is 83.4 Å². The summed E-state index contributed by atoms with van der Waals surface area (Å²) in [4.78, 5) is 13.7. The molecule has 0 radical (unpaired) electrons. The summed E-state index contributed by atoms with van der Waals surface area (Å²) < 4.78 is 0. The van der Waals surface area contributed by atoms with Crippen molar-refractivity contribution in [3.05, 3.63) is 99.5 Å². The number of ketones is 1. The van der Waals surface area contributed by atoms with Crippen molar-refractivity contribution in [3.8, 4) is 0 Å². The summed E-state index contributed by atoms with van der Waals surface area (Å²) in [7, 11) is 0. The first-order valence-corrected chi connectivity index (χ1v) is 9.93. The molecule has 0 aromatic heterocycles. The standard InChI is InChI=1S/C22H18Cl2OS/c1-15-7-9-16(10-8-15)20(25)14-22(17-5-3-2-4-6-17)26-21-12-11-18(23)13-19(21)24/h2-13,22H,14H2,1H3/t22-/m1/s1. The van der Waals surface area contributed by atoms with Crippen LogP contribution >= 0.6 is 35.0 Å². The minimum absolute atomic E-state index is 0.0244. The molecular weight excluding hydrogens is 383 g/mol. The molecule has 0 saturated heterocycles. The molecular formula is C22H18Cl2OS. The molecule has 3 rings (SSSR count). The fraction of sp³-hybridized carbons (Fsp3) is 0.136. The van der Waals surface area contributed by atoms with Gasteiger partial charge in [0, 0.05) is 27.2 Å². The Kier molecular flexibility index (Phi) is 6.42. The van der Waals surface area contributed by atoms with E-state index in [0.717, 1.165) is 21.6 Å².